The summed E-state index contributed by atoms with van der Waals surface area (Å²) in [6.45, 7) is 2.03. The van der Waals surface area contributed by atoms with Gasteiger partial charge in [-0.1, -0.05) is 6.07 Å². The first kappa shape index (κ1) is 13.9. The summed E-state index contributed by atoms with van der Waals surface area (Å²) in [5.74, 6) is 1.96. The molecule has 3 N–H and O–H groups in total. The number of benzene rings is 1. The molecule has 2 atom stereocenters. The number of nitrogens with zero attached hydrogens (tertiary/aromatic N) is 1. The first-order valence-corrected chi connectivity index (χ1v) is 7.15. The zero-order valence-corrected chi connectivity index (χ0v) is 12.6. The summed E-state index contributed by atoms with van der Waals surface area (Å²) in [5, 5.41) is 7.45. The molecule has 112 valence electrons. The van der Waals surface area contributed by atoms with E-state index < -0.39 is 0 Å². The fourth-order valence-electron chi connectivity index (χ4n) is 3.27. The quantitative estimate of drug-likeness (QED) is 0.909. The molecule has 0 aliphatic heterocycles. The molecule has 0 radical (unpaired) electrons. The maximum absolute atomic E-state index is 6.34. The first-order valence-electron chi connectivity index (χ1n) is 7.15. The van der Waals surface area contributed by atoms with E-state index in [2.05, 4.69) is 16.3 Å². The van der Waals surface area contributed by atoms with Crippen molar-refractivity contribution in [3.8, 4) is 11.5 Å². The van der Waals surface area contributed by atoms with Gasteiger partial charge in [-0.25, -0.2) is 0 Å². The number of ether oxygens (including phenoxy) is 2. The molecule has 1 aliphatic carbocycles. The van der Waals surface area contributed by atoms with E-state index >= 15 is 0 Å². The van der Waals surface area contributed by atoms with Crippen molar-refractivity contribution in [1.29, 1.82) is 0 Å². The van der Waals surface area contributed by atoms with Crippen LogP contribution in [0.15, 0.2) is 18.2 Å². The van der Waals surface area contributed by atoms with Gasteiger partial charge in [0.25, 0.3) is 0 Å². The molecular weight excluding hydrogens is 266 g/mol. The van der Waals surface area contributed by atoms with Gasteiger partial charge >= 0.3 is 0 Å². The molecule has 0 spiro atoms. The molecule has 3 rings (SSSR count). The fraction of sp³-hybridized carbons (Fsp3) is 0.438. The largest absolute Gasteiger partial charge is 0.497 e. The molecule has 0 saturated heterocycles. The number of aromatic amines is 1. The topological polar surface area (TPSA) is 73.2 Å². The van der Waals surface area contributed by atoms with Crippen LogP contribution in [0.1, 0.15) is 40.9 Å². The average Bonchev–Trinajstić information content (AvgIpc) is 2.88. The number of aryl methyl sites for hydroxylation is 1. The molecule has 5 nitrogen and oxygen atoms in total. The Morgan fingerprint density at radius 2 is 2.10 bits per heavy atom. The first-order chi connectivity index (χ1) is 10.1. The number of nitrogens with two attached hydrogens (primary N) is 1. The Bertz CT molecular complexity index is 651. The number of fused-ring (bicyclic) bond motifs is 1. The van der Waals surface area contributed by atoms with Crippen molar-refractivity contribution in [2.24, 2.45) is 5.73 Å². The highest BCUT2D eigenvalue weighted by Gasteiger charge is 2.30. The van der Waals surface area contributed by atoms with E-state index in [1.807, 2.05) is 19.1 Å². The van der Waals surface area contributed by atoms with Gasteiger partial charge in [-0.2, -0.15) is 5.10 Å². The van der Waals surface area contributed by atoms with Crippen molar-refractivity contribution in [1.82, 2.24) is 10.2 Å². The van der Waals surface area contributed by atoms with Gasteiger partial charge in [0.05, 0.1) is 19.9 Å². The third-order valence-electron chi connectivity index (χ3n) is 4.30. The number of hydrogen-bond acceptors (Lipinski definition) is 4. The standard InChI is InChI=1S/C16H21N3O2/c1-9-16-13(17)6-10(7-14(16)19-18-9)12-5-4-11(20-2)8-15(12)21-3/h4-5,8,10,13H,6-7,17H2,1-3H3,(H,18,19). The van der Waals surface area contributed by atoms with E-state index in [1.54, 1.807) is 14.2 Å². The van der Waals surface area contributed by atoms with Crippen molar-refractivity contribution >= 4 is 0 Å². The number of hydrogen-bond donors (Lipinski definition) is 2. The minimum absolute atomic E-state index is 0.0179. The minimum atomic E-state index is 0.0179. The van der Waals surface area contributed by atoms with E-state index in [-0.39, 0.29) is 6.04 Å². The molecule has 0 bridgehead atoms. The van der Waals surface area contributed by atoms with Crippen LogP contribution in [0.4, 0.5) is 0 Å². The number of nitrogens with one attached hydrogen (secondary N) is 1. The van der Waals surface area contributed by atoms with Crippen LogP contribution in [0, 0.1) is 6.92 Å². The van der Waals surface area contributed by atoms with Gasteiger partial charge in [-0.15, -0.1) is 0 Å². The Balaban J connectivity index is 1.95. The summed E-state index contributed by atoms with van der Waals surface area (Å²) in [6.07, 6.45) is 1.78. The lowest BCUT2D eigenvalue weighted by molar-refractivity contribution is 0.383. The highest BCUT2D eigenvalue weighted by Crippen LogP contribution is 2.41. The second-order valence-electron chi connectivity index (χ2n) is 5.56. The molecule has 0 saturated carbocycles. The van der Waals surface area contributed by atoms with Crippen molar-refractivity contribution < 1.29 is 9.47 Å². The number of rotatable bonds is 3. The number of H-pyrrole nitrogens is 1. The van der Waals surface area contributed by atoms with Crippen LogP contribution < -0.4 is 15.2 Å². The summed E-state index contributed by atoms with van der Waals surface area (Å²) < 4.78 is 10.8. The second kappa shape index (κ2) is 5.41. The van der Waals surface area contributed by atoms with E-state index in [0.717, 1.165) is 35.7 Å². The van der Waals surface area contributed by atoms with Gasteiger partial charge in [-0.3, -0.25) is 5.10 Å². The van der Waals surface area contributed by atoms with E-state index in [0.29, 0.717) is 5.92 Å². The van der Waals surface area contributed by atoms with Gasteiger partial charge in [0.2, 0.25) is 0 Å². The minimum Gasteiger partial charge on any atom is -0.497 e. The molecule has 0 fully saturated rings. The fourth-order valence-corrected chi connectivity index (χ4v) is 3.27. The Kier molecular flexibility index (Phi) is 3.59. The number of methoxy groups -OCH3 is 2. The lowest BCUT2D eigenvalue weighted by Crippen LogP contribution is -2.23. The highest BCUT2D eigenvalue weighted by atomic mass is 16.5. The zero-order chi connectivity index (χ0) is 15.0. The zero-order valence-electron chi connectivity index (χ0n) is 12.6. The Labute approximate surface area is 124 Å². The molecule has 1 aromatic carbocycles. The van der Waals surface area contributed by atoms with Crippen LogP contribution >= 0.6 is 0 Å². The van der Waals surface area contributed by atoms with Crippen LogP contribution in [0.3, 0.4) is 0 Å². The maximum atomic E-state index is 6.34. The summed E-state index contributed by atoms with van der Waals surface area (Å²) >= 11 is 0. The third kappa shape index (κ3) is 2.38. The predicted molar refractivity (Wildman–Crippen MR) is 80.9 cm³/mol. The Hall–Kier alpha value is -2.01. The van der Waals surface area contributed by atoms with Crippen molar-refractivity contribution in [2.45, 2.75) is 31.7 Å². The molecule has 1 heterocycles. The Morgan fingerprint density at radius 1 is 1.29 bits per heavy atom. The van der Waals surface area contributed by atoms with Crippen LogP contribution in [-0.2, 0) is 6.42 Å². The third-order valence-corrected chi connectivity index (χ3v) is 4.30. The van der Waals surface area contributed by atoms with Gasteiger partial charge < -0.3 is 15.2 Å². The van der Waals surface area contributed by atoms with E-state index in [9.17, 15) is 0 Å². The van der Waals surface area contributed by atoms with Crippen LogP contribution in [-0.4, -0.2) is 24.4 Å². The van der Waals surface area contributed by atoms with Crippen LogP contribution in [0.25, 0.3) is 0 Å². The smallest absolute Gasteiger partial charge is 0.126 e. The lowest BCUT2D eigenvalue weighted by atomic mass is 9.79. The Morgan fingerprint density at radius 3 is 2.81 bits per heavy atom. The molecular formula is C16H21N3O2. The molecule has 1 aromatic heterocycles. The average molecular weight is 287 g/mol. The summed E-state index contributed by atoms with van der Waals surface area (Å²) in [7, 11) is 3.34. The molecule has 5 heteroatoms. The van der Waals surface area contributed by atoms with Crippen molar-refractivity contribution in [3.63, 3.8) is 0 Å². The van der Waals surface area contributed by atoms with Gasteiger partial charge in [0.15, 0.2) is 0 Å². The summed E-state index contributed by atoms with van der Waals surface area (Å²) in [6, 6.07) is 5.98. The second-order valence-corrected chi connectivity index (χ2v) is 5.56. The van der Waals surface area contributed by atoms with Crippen LogP contribution in [0.5, 0.6) is 11.5 Å². The normalized spacial score (nSPS) is 21.0. The maximum Gasteiger partial charge on any atom is 0.126 e. The van der Waals surface area contributed by atoms with Gasteiger partial charge in [0.1, 0.15) is 11.5 Å². The number of aromatic nitrogens is 2. The SMILES string of the molecule is COc1ccc(C2Cc3n[nH]c(C)c3C(N)C2)c(OC)c1. The van der Waals surface area contributed by atoms with Gasteiger partial charge in [-0.05, 0) is 37.3 Å². The molecule has 1 aliphatic rings. The van der Waals surface area contributed by atoms with E-state index in [4.69, 9.17) is 15.2 Å². The predicted octanol–water partition coefficient (Wildman–Crippen LogP) is 2.47. The van der Waals surface area contributed by atoms with E-state index in [1.165, 1.54) is 11.1 Å². The molecule has 2 aromatic rings. The summed E-state index contributed by atoms with van der Waals surface area (Å²) in [5.41, 5.74) is 10.8. The van der Waals surface area contributed by atoms with Crippen molar-refractivity contribution in [2.75, 3.05) is 14.2 Å². The molecule has 0 amide bonds. The monoisotopic (exact) mass is 287 g/mol. The molecule has 21 heavy (non-hydrogen) atoms. The highest BCUT2D eigenvalue weighted by molar-refractivity contribution is 5.45. The molecule has 2 unspecified atom stereocenters. The van der Waals surface area contributed by atoms with Crippen molar-refractivity contribution in [3.05, 3.63) is 40.7 Å². The van der Waals surface area contributed by atoms with Gasteiger partial charge in [0, 0.05) is 23.4 Å². The lowest BCUT2D eigenvalue weighted by Gasteiger charge is -2.28. The van der Waals surface area contributed by atoms with Crippen LogP contribution in [0.2, 0.25) is 0 Å². The summed E-state index contributed by atoms with van der Waals surface area (Å²) in [4.78, 5) is 0.